The van der Waals surface area contributed by atoms with E-state index in [4.69, 9.17) is 0 Å². The molecule has 2 aromatic rings. The molecule has 0 aromatic heterocycles. The summed E-state index contributed by atoms with van der Waals surface area (Å²) in [6.45, 7) is 10.6. The van der Waals surface area contributed by atoms with E-state index in [1.54, 1.807) is 11.8 Å². The molecule has 1 amide bonds. The number of amides is 1. The van der Waals surface area contributed by atoms with E-state index in [2.05, 4.69) is 50.4 Å². The fourth-order valence-electron chi connectivity index (χ4n) is 2.39. The molecule has 0 atom stereocenters. The van der Waals surface area contributed by atoms with Crippen LogP contribution in [0.4, 0.5) is 5.69 Å². The van der Waals surface area contributed by atoms with Crippen molar-refractivity contribution in [1.29, 1.82) is 0 Å². The number of anilines is 1. The second kappa shape index (κ2) is 7.22. The molecule has 2 aromatic carbocycles. The lowest BCUT2D eigenvalue weighted by atomic mass is 9.87. The third-order valence-electron chi connectivity index (χ3n) is 3.84. The molecule has 0 aliphatic rings. The Morgan fingerprint density at radius 3 is 2.09 bits per heavy atom. The van der Waals surface area contributed by atoms with Crippen molar-refractivity contribution < 1.29 is 4.79 Å². The van der Waals surface area contributed by atoms with Crippen LogP contribution in [0.2, 0.25) is 0 Å². The van der Waals surface area contributed by atoms with Gasteiger partial charge in [0.05, 0.1) is 5.75 Å². The molecule has 0 aliphatic heterocycles. The van der Waals surface area contributed by atoms with Crippen molar-refractivity contribution in [2.45, 2.75) is 44.9 Å². The highest BCUT2D eigenvalue weighted by molar-refractivity contribution is 8.00. The van der Waals surface area contributed by atoms with Gasteiger partial charge < -0.3 is 5.32 Å². The zero-order valence-electron chi connectivity index (χ0n) is 14.6. The summed E-state index contributed by atoms with van der Waals surface area (Å²) in [6, 6.07) is 14.5. The van der Waals surface area contributed by atoms with Gasteiger partial charge in [-0.25, -0.2) is 0 Å². The number of para-hydroxylation sites is 1. The molecular formula is C20H25NOS. The topological polar surface area (TPSA) is 29.1 Å². The van der Waals surface area contributed by atoms with E-state index in [1.165, 1.54) is 5.56 Å². The van der Waals surface area contributed by atoms with Crippen LogP contribution in [0, 0.1) is 13.8 Å². The maximum absolute atomic E-state index is 12.2. The van der Waals surface area contributed by atoms with Crippen molar-refractivity contribution in [3.05, 3.63) is 59.2 Å². The lowest BCUT2D eigenvalue weighted by molar-refractivity contribution is -0.113. The Kier molecular flexibility index (Phi) is 5.53. The molecule has 0 radical (unpaired) electrons. The van der Waals surface area contributed by atoms with E-state index in [0.29, 0.717) is 5.75 Å². The minimum absolute atomic E-state index is 0.0345. The minimum atomic E-state index is 0.0345. The first kappa shape index (κ1) is 17.6. The van der Waals surface area contributed by atoms with Crippen molar-refractivity contribution in [2.75, 3.05) is 11.1 Å². The third kappa shape index (κ3) is 4.87. The molecule has 0 saturated carbocycles. The molecule has 122 valence electrons. The third-order valence-corrected chi connectivity index (χ3v) is 4.85. The lowest BCUT2D eigenvalue weighted by Gasteiger charge is -2.19. The van der Waals surface area contributed by atoms with Crippen molar-refractivity contribution in [2.24, 2.45) is 0 Å². The zero-order chi connectivity index (χ0) is 17.0. The smallest absolute Gasteiger partial charge is 0.234 e. The van der Waals surface area contributed by atoms with E-state index in [9.17, 15) is 4.79 Å². The van der Waals surface area contributed by atoms with Crippen LogP contribution in [-0.4, -0.2) is 11.7 Å². The molecule has 0 unspecified atom stereocenters. The number of benzene rings is 2. The van der Waals surface area contributed by atoms with Gasteiger partial charge in [0.1, 0.15) is 0 Å². The number of hydrogen-bond donors (Lipinski definition) is 1. The van der Waals surface area contributed by atoms with Crippen LogP contribution >= 0.6 is 11.8 Å². The molecule has 0 spiro atoms. The van der Waals surface area contributed by atoms with Crippen LogP contribution in [0.1, 0.15) is 37.5 Å². The molecule has 23 heavy (non-hydrogen) atoms. The predicted molar refractivity (Wildman–Crippen MR) is 100 cm³/mol. The van der Waals surface area contributed by atoms with E-state index < -0.39 is 0 Å². The lowest BCUT2D eigenvalue weighted by Crippen LogP contribution is -2.15. The second-order valence-electron chi connectivity index (χ2n) is 6.88. The van der Waals surface area contributed by atoms with E-state index in [0.717, 1.165) is 21.7 Å². The summed E-state index contributed by atoms with van der Waals surface area (Å²) in [4.78, 5) is 13.3. The van der Waals surface area contributed by atoms with Gasteiger partial charge in [-0.05, 0) is 48.1 Å². The number of aryl methyl sites for hydroxylation is 2. The van der Waals surface area contributed by atoms with E-state index in [1.807, 2.05) is 32.0 Å². The van der Waals surface area contributed by atoms with Crippen molar-refractivity contribution >= 4 is 23.4 Å². The van der Waals surface area contributed by atoms with Gasteiger partial charge in [-0.2, -0.15) is 0 Å². The van der Waals surface area contributed by atoms with Crippen molar-refractivity contribution in [1.82, 2.24) is 0 Å². The highest BCUT2D eigenvalue weighted by Crippen LogP contribution is 2.26. The van der Waals surface area contributed by atoms with Gasteiger partial charge in [0.25, 0.3) is 0 Å². The van der Waals surface area contributed by atoms with Gasteiger partial charge in [0, 0.05) is 10.6 Å². The quantitative estimate of drug-likeness (QED) is 0.769. The van der Waals surface area contributed by atoms with Gasteiger partial charge >= 0.3 is 0 Å². The number of carbonyl (C=O) groups excluding carboxylic acids is 1. The maximum Gasteiger partial charge on any atom is 0.234 e. The first-order valence-electron chi connectivity index (χ1n) is 7.87. The minimum Gasteiger partial charge on any atom is -0.325 e. The summed E-state index contributed by atoms with van der Waals surface area (Å²) in [7, 11) is 0. The summed E-state index contributed by atoms with van der Waals surface area (Å²) >= 11 is 1.57. The Balaban J connectivity index is 1.94. The van der Waals surface area contributed by atoms with Crippen molar-refractivity contribution in [3.63, 3.8) is 0 Å². The predicted octanol–water partition coefficient (Wildman–Crippen LogP) is 5.33. The molecule has 0 bridgehead atoms. The number of hydrogen-bond acceptors (Lipinski definition) is 2. The largest absolute Gasteiger partial charge is 0.325 e. The molecular weight excluding hydrogens is 302 g/mol. The van der Waals surface area contributed by atoms with Gasteiger partial charge in [-0.15, -0.1) is 11.8 Å². The van der Waals surface area contributed by atoms with Gasteiger partial charge in [0.2, 0.25) is 5.91 Å². The number of nitrogens with one attached hydrogen (secondary N) is 1. The van der Waals surface area contributed by atoms with Crippen LogP contribution in [-0.2, 0) is 10.2 Å². The standard InChI is InChI=1S/C20H25NOS/c1-14-7-6-8-15(2)19(14)21-18(22)13-23-17-11-9-16(10-12-17)20(3,4)5/h6-12H,13H2,1-5H3,(H,21,22). The van der Waals surface area contributed by atoms with Gasteiger partial charge in [-0.1, -0.05) is 51.1 Å². The molecule has 2 nitrogen and oxygen atoms in total. The molecule has 0 fully saturated rings. The molecule has 0 aliphatic carbocycles. The van der Waals surface area contributed by atoms with Crippen LogP contribution in [0.15, 0.2) is 47.4 Å². The zero-order valence-corrected chi connectivity index (χ0v) is 15.4. The summed E-state index contributed by atoms with van der Waals surface area (Å²) in [5.74, 6) is 0.454. The second-order valence-corrected chi connectivity index (χ2v) is 7.93. The molecule has 2 rings (SSSR count). The summed E-state index contributed by atoms with van der Waals surface area (Å²) < 4.78 is 0. The van der Waals surface area contributed by atoms with Crippen molar-refractivity contribution in [3.8, 4) is 0 Å². The van der Waals surface area contributed by atoms with Crippen LogP contribution < -0.4 is 5.32 Å². The monoisotopic (exact) mass is 327 g/mol. The van der Waals surface area contributed by atoms with Gasteiger partial charge in [-0.3, -0.25) is 4.79 Å². The molecule has 3 heteroatoms. The summed E-state index contributed by atoms with van der Waals surface area (Å²) in [6.07, 6.45) is 0. The maximum atomic E-state index is 12.2. The highest BCUT2D eigenvalue weighted by atomic mass is 32.2. The summed E-state index contributed by atoms with van der Waals surface area (Å²) in [5.41, 5.74) is 4.59. The number of carbonyl (C=O) groups is 1. The van der Waals surface area contributed by atoms with Crippen LogP contribution in [0.25, 0.3) is 0 Å². The van der Waals surface area contributed by atoms with Crippen LogP contribution in [0.3, 0.4) is 0 Å². The number of thioether (sulfide) groups is 1. The van der Waals surface area contributed by atoms with E-state index >= 15 is 0 Å². The average Bonchev–Trinajstić information content (AvgIpc) is 2.48. The Hall–Kier alpha value is -1.74. The van der Waals surface area contributed by atoms with E-state index in [-0.39, 0.29) is 11.3 Å². The normalized spacial score (nSPS) is 11.3. The Labute approximate surface area is 143 Å². The SMILES string of the molecule is Cc1cccc(C)c1NC(=O)CSc1ccc(C(C)(C)C)cc1. The van der Waals surface area contributed by atoms with Gasteiger partial charge in [0.15, 0.2) is 0 Å². The Bertz CT molecular complexity index is 664. The highest BCUT2D eigenvalue weighted by Gasteiger charge is 2.13. The first-order chi connectivity index (χ1) is 10.8. The van der Waals surface area contributed by atoms with Crippen LogP contribution in [0.5, 0.6) is 0 Å². The summed E-state index contributed by atoms with van der Waals surface area (Å²) in [5, 5.41) is 3.02. The fourth-order valence-corrected chi connectivity index (χ4v) is 3.09. The molecule has 1 N–H and O–H groups in total. The first-order valence-corrected chi connectivity index (χ1v) is 8.85. The molecule has 0 saturated heterocycles. The average molecular weight is 327 g/mol. The fraction of sp³-hybridized carbons (Fsp3) is 0.350. The Morgan fingerprint density at radius 1 is 1.00 bits per heavy atom. The Morgan fingerprint density at radius 2 is 1.57 bits per heavy atom. The molecule has 0 heterocycles. The number of rotatable bonds is 4.